The van der Waals surface area contributed by atoms with Gasteiger partial charge in [-0.15, -0.1) is 0 Å². The van der Waals surface area contributed by atoms with Gasteiger partial charge in [0.15, 0.2) is 3.79 Å². The summed E-state index contributed by atoms with van der Waals surface area (Å²) in [5.41, 5.74) is 0. The molecule has 3 radical (unpaired) electrons. The summed E-state index contributed by atoms with van der Waals surface area (Å²) in [5.74, 6) is 0. The quantitative estimate of drug-likeness (QED) is 0.329. The standard InChI is InChI=1S/C10H18Cl3Si/c11-10(12,13)8-6-4-2-1-3-5-7-9-14/h1-9H2. The van der Waals surface area contributed by atoms with Gasteiger partial charge in [0.2, 0.25) is 0 Å². The van der Waals surface area contributed by atoms with Crippen molar-refractivity contribution in [2.24, 2.45) is 0 Å². The molecule has 0 N–H and O–H groups in total. The van der Waals surface area contributed by atoms with Crippen molar-refractivity contribution in [2.45, 2.75) is 61.2 Å². The van der Waals surface area contributed by atoms with Crippen LogP contribution < -0.4 is 0 Å². The fourth-order valence-corrected chi connectivity index (χ4v) is 1.99. The zero-order chi connectivity index (χ0) is 10.9. The molecule has 0 bridgehead atoms. The minimum atomic E-state index is -1.05. The van der Waals surface area contributed by atoms with Crippen LogP contribution in [0.4, 0.5) is 0 Å². The minimum Gasteiger partial charge on any atom is -0.0837 e. The summed E-state index contributed by atoms with van der Waals surface area (Å²) in [6.45, 7) is 0. The summed E-state index contributed by atoms with van der Waals surface area (Å²) < 4.78 is -1.05. The van der Waals surface area contributed by atoms with Gasteiger partial charge in [0.1, 0.15) is 0 Å². The highest BCUT2D eigenvalue weighted by Crippen LogP contribution is 2.32. The fraction of sp³-hybridized carbons (Fsp3) is 1.00. The third kappa shape index (κ3) is 13.1. The Bertz CT molecular complexity index is 123. The van der Waals surface area contributed by atoms with Crippen LogP contribution in [0.2, 0.25) is 6.04 Å². The lowest BCUT2D eigenvalue weighted by atomic mass is 10.1. The normalized spacial score (nSPS) is 12.0. The molecule has 0 unspecified atom stereocenters. The summed E-state index contributed by atoms with van der Waals surface area (Å²) in [4.78, 5) is 0. The molecular formula is C10H18Cl3Si. The van der Waals surface area contributed by atoms with E-state index in [0.717, 1.165) is 12.5 Å². The maximum Gasteiger partial charge on any atom is 0.190 e. The summed E-state index contributed by atoms with van der Waals surface area (Å²) >= 11 is 16.9. The SMILES string of the molecule is [Si]CCCCCCCCCC(Cl)(Cl)Cl. The van der Waals surface area contributed by atoms with E-state index in [4.69, 9.17) is 34.8 Å². The number of rotatable bonds is 8. The van der Waals surface area contributed by atoms with Gasteiger partial charge < -0.3 is 0 Å². The topological polar surface area (TPSA) is 0 Å². The first kappa shape index (κ1) is 15.1. The monoisotopic (exact) mass is 271 g/mol. The van der Waals surface area contributed by atoms with Crippen LogP contribution in [0, 0.1) is 0 Å². The number of hydrogen-bond acceptors (Lipinski definition) is 0. The van der Waals surface area contributed by atoms with Crippen LogP contribution in [0.3, 0.4) is 0 Å². The van der Waals surface area contributed by atoms with E-state index in [-0.39, 0.29) is 0 Å². The molecule has 14 heavy (non-hydrogen) atoms. The van der Waals surface area contributed by atoms with Gasteiger partial charge in [-0.25, -0.2) is 0 Å². The second-order valence-corrected chi connectivity index (χ2v) is 6.61. The Morgan fingerprint density at radius 3 is 1.57 bits per heavy atom. The van der Waals surface area contributed by atoms with E-state index in [2.05, 4.69) is 10.2 Å². The Morgan fingerprint density at radius 2 is 1.14 bits per heavy atom. The van der Waals surface area contributed by atoms with E-state index in [1.807, 2.05) is 0 Å². The molecule has 0 saturated carbocycles. The van der Waals surface area contributed by atoms with E-state index in [1.54, 1.807) is 0 Å². The van der Waals surface area contributed by atoms with Crippen LogP contribution >= 0.6 is 34.8 Å². The first-order chi connectivity index (χ1) is 6.56. The highest BCUT2D eigenvalue weighted by atomic mass is 35.6. The summed E-state index contributed by atoms with van der Waals surface area (Å²) in [6.07, 6.45) is 9.40. The van der Waals surface area contributed by atoms with Crippen LogP contribution in [-0.2, 0) is 0 Å². The lowest BCUT2D eigenvalue weighted by Crippen LogP contribution is -2.00. The summed E-state index contributed by atoms with van der Waals surface area (Å²) in [5, 5.41) is 0. The first-order valence-corrected chi connectivity index (χ1v) is 7.12. The second-order valence-electron chi connectivity index (χ2n) is 3.59. The number of halogens is 3. The number of alkyl halides is 3. The van der Waals surface area contributed by atoms with Gasteiger partial charge in [0.05, 0.1) is 0 Å². The lowest BCUT2D eigenvalue weighted by Gasteiger charge is -2.09. The molecule has 0 aromatic heterocycles. The minimum absolute atomic E-state index is 0.679. The van der Waals surface area contributed by atoms with Crippen molar-refractivity contribution in [3.05, 3.63) is 0 Å². The lowest BCUT2D eigenvalue weighted by molar-refractivity contribution is 0.578. The third-order valence-corrected chi connectivity index (χ3v) is 3.06. The molecular weight excluding hydrogens is 255 g/mol. The van der Waals surface area contributed by atoms with Crippen molar-refractivity contribution in [3.8, 4) is 0 Å². The van der Waals surface area contributed by atoms with Gasteiger partial charge in [-0.2, -0.15) is 0 Å². The molecule has 0 saturated heterocycles. The smallest absolute Gasteiger partial charge is 0.0837 e. The van der Waals surface area contributed by atoms with Crippen LogP contribution in [0.25, 0.3) is 0 Å². The molecule has 0 aliphatic carbocycles. The van der Waals surface area contributed by atoms with Crippen molar-refractivity contribution >= 4 is 45.0 Å². The van der Waals surface area contributed by atoms with Crippen LogP contribution in [0.5, 0.6) is 0 Å². The molecule has 0 amide bonds. The van der Waals surface area contributed by atoms with Gasteiger partial charge in [-0.1, -0.05) is 79.4 Å². The average Bonchev–Trinajstić information content (AvgIpc) is 2.08. The van der Waals surface area contributed by atoms with Crippen molar-refractivity contribution in [2.75, 3.05) is 0 Å². The van der Waals surface area contributed by atoms with Crippen LogP contribution in [-0.4, -0.2) is 14.0 Å². The molecule has 0 aromatic rings. The Labute approximate surface area is 106 Å². The molecule has 0 atom stereocenters. The zero-order valence-corrected chi connectivity index (χ0v) is 11.8. The predicted molar refractivity (Wildman–Crippen MR) is 67.8 cm³/mol. The van der Waals surface area contributed by atoms with Crippen LogP contribution in [0.1, 0.15) is 51.4 Å². The van der Waals surface area contributed by atoms with Crippen molar-refractivity contribution in [1.82, 2.24) is 0 Å². The molecule has 0 rings (SSSR count). The molecule has 0 aliphatic rings. The van der Waals surface area contributed by atoms with Gasteiger partial charge >= 0.3 is 0 Å². The summed E-state index contributed by atoms with van der Waals surface area (Å²) in [6, 6.07) is 1.12. The Kier molecular flexibility index (Phi) is 10.0. The average molecular weight is 273 g/mol. The predicted octanol–water partition coefficient (Wildman–Crippen LogP) is 5.06. The maximum absolute atomic E-state index is 5.64. The molecule has 0 spiro atoms. The maximum atomic E-state index is 5.64. The Hall–Kier alpha value is 1.09. The summed E-state index contributed by atoms with van der Waals surface area (Å²) in [7, 11) is 3.47. The molecule has 0 nitrogen and oxygen atoms in total. The van der Waals surface area contributed by atoms with Gasteiger partial charge in [0.25, 0.3) is 0 Å². The molecule has 4 heteroatoms. The molecule has 0 fully saturated rings. The zero-order valence-electron chi connectivity index (χ0n) is 8.50. The fourth-order valence-electron chi connectivity index (χ4n) is 1.33. The van der Waals surface area contributed by atoms with E-state index in [1.165, 1.54) is 38.5 Å². The number of unbranched alkanes of at least 4 members (excludes halogenated alkanes) is 6. The van der Waals surface area contributed by atoms with Crippen molar-refractivity contribution < 1.29 is 0 Å². The van der Waals surface area contributed by atoms with Crippen molar-refractivity contribution in [3.63, 3.8) is 0 Å². The van der Waals surface area contributed by atoms with E-state index in [9.17, 15) is 0 Å². The molecule has 83 valence electrons. The van der Waals surface area contributed by atoms with Gasteiger partial charge in [0, 0.05) is 10.2 Å². The largest absolute Gasteiger partial charge is 0.190 e. The van der Waals surface area contributed by atoms with E-state index < -0.39 is 3.79 Å². The van der Waals surface area contributed by atoms with Crippen molar-refractivity contribution in [1.29, 1.82) is 0 Å². The van der Waals surface area contributed by atoms with Gasteiger partial charge in [-0.3, -0.25) is 0 Å². The Morgan fingerprint density at radius 1 is 0.714 bits per heavy atom. The Balaban J connectivity index is 2.99. The van der Waals surface area contributed by atoms with Gasteiger partial charge in [-0.05, 0) is 12.8 Å². The second kappa shape index (κ2) is 9.32. The highest BCUT2D eigenvalue weighted by Gasteiger charge is 2.17. The third-order valence-electron chi connectivity index (χ3n) is 2.14. The number of hydrogen-bond donors (Lipinski definition) is 0. The molecule has 0 aliphatic heterocycles. The van der Waals surface area contributed by atoms with E-state index >= 15 is 0 Å². The highest BCUT2D eigenvalue weighted by molar-refractivity contribution is 6.67. The molecule has 0 aromatic carbocycles. The van der Waals surface area contributed by atoms with Crippen LogP contribution in [0.15, 0.2) is 0 Å². The van der Waals surface area contributed by atoms with E-state index in [0.29, 0.717) is 6.42 Å². The molecule has 0 heterocycles. The first-order valence-electron chi connectivity index (χ1n) is 5.27.